The molecule has 0 amide bonds. The summed E-state index contributed by atoms with van der Waals surface area (Å²) in [6.45, 7) is 5.89. The van der Waals surface area contributed by atoms with Gasteiger partial charge in [-0.2, -0.15) is 0 Å². The number of carbonyl (C=O) groups is 3. The number of ether oxygens (including phenoxy) is 3. The molecule has 1 aromatic carbocycles. The van der Waals surface area contributed by atoms with E-state index in [9.17, 15) is 14.4 Å². The van der Waals surface area contributed by atoms with E-state index < -0.39 is 24.2 Å². The van der Waals surface area contributed by atoms with E-state index in [4.69, 9.17) is 14.6 Å². The Morgan fingerprint density at radius 1 is 1.09 bits per heavy atom. The van der Waals surface area contributed by atoms with Crippen LogP contribution in [-0.2, 0) is 19.0 Å². The molecule has 0 aliphatic carbocycles. The molecule has 1 aromatic rings. The first-order valence-electron chi connectivity index (χ1n) is 6.80. The lowest BCUT2D eigenvalue weighted by molar-refractivity contribution is -0.140. The number of benzene rings is 1. The Morgan fingerprint density at radius 2 is 1.61 bits per heavy atom. The molecule has 1 unspecified atom stereocenters. The fraction of sp³-hybridized carbons (Fsp3) is 0.312. The maximum atomic E-state index is 12.0. The topological polar surface area (TPSA) is 99.1 Å². The van der Waals surface area contributed by atoms with Crippen molar-refractivity contribution in [2.24, 2.45) is 0 Å². The molecule has 0 aliphatic heterocycles. The second kappa shape index (κ2) is 8.70. The molecule has 0 saturated carbocycles. The molecule has 0 bridgehead atoms. The molecule has 124 valence electrons. The van der Waals surface area contributed by atoms with Gasteiger partial charge in [0.1, 0.15) is 13.2 Å². The fourth-order valence-corrected chi connectivity index (χ4v) is 1.53. The van der Waals surface area contributed by atoms with Gasteiger partial charge in [0.25, 0.3) is 0 Å². The van der Waals surface area contributed by atoms with Crippen molar-refractivity contribution < 1.29 is 33.7 Å². The number of aliphatic hydroxyl groups excluding tert-OH is 1. The van der Waals surface area contributed by atoms with E-state index in [0.717, 1.165) is 0 Å². The average molecular weight is 322 g/mol. The minimum atomic E-state index is -1.30. The summed E-state index contributed by atoms with van der Waals surface area (Å²) < 4.78 is 14.4. The lowest BCUT2D eigenvalue weighted by Gasteiger charge is -2.11. The van der Waals surface area contributed by atoms with Crippen molar-refractivity contribution in [3.63, 3.8) is 0 Å². The Hall–Kier alpha value is -2.67. The zero-order valence-corrected chi connectivity index (χ0v) is 12.9. The van der Waals surface area contributed by atoms with Gasteiger partial charge in [-0.25, -0.2) is 14.4 Å². The number of aliphatic hydroxyl groups is 1. The van der Waals surface area contributed by atoms with Crippen molar-refractivity contribution in [1.29, 1.82) is 0 Å². The summed E-state index contributed by atoms with van der Waals surface area (Å²) in [6.07, 6.45) is -1.30. The van der Waals surface area contributed by atoms with Gasteiger partial charge in [-0.05, 0) is 26.0 Å². The van der Waals surface area contributed by atoms with E-state index in [1.165, 1.54) is 26.0 Å². The van der Waals surface area contributed by atoms with Crippen molar-refractivity contribution in [3.8, 4) is 0 Å². The van der Waals surface area contributed by atoms with Gasteiger partial charge in [0.15, 0.2) is 6.29 Å². The van der Waals surface area contributed by atoms with Crippen LogP contribution in [0.1, 0.15) is 34.6 Å². The lowest BCUT2D eigenvalue weighted by Crippen LogP contribution is -2.19. The van der Waals surface area contributed by atoms with E-state index in [2.05, 4.69) is 11.3 Å². The van der Waals surface area contributed by atoms with Crippen molar-refractivity contribution in [2.75, 3.05) is 13.2 Å². The van der Waals surface area contributed by atoms with Crippen LogP contribution in [0.25, 0.3) is 0 Å². The van der Waals surface area contributed by atoms with Crippen LogP contribution in [0.3, 0.4) is 0 Å². The first kappa shape index (κ1) is 18.4. The summed E-state index contributed by atoms with van der Waals surface area (Å²) in [5.41, 5.74) is 0.198. The van der Waals surface area contributed by atoms with Gasteiger partial charge in [-0.15, -0.1) is 0 Å². The normalized spacial score (nSPS) is 11.3. The summed E-state index contributed by atoms with van der Waals surface area (Å²) in [5, 5.41) is 9.07. The van der Waals surface area contributed by atoms with E-state index in [0.29, 0.717) is 0 Å². The molecule has 23 heavy (non-hydrogen) atoms. The summed E-state index contributed by atoms with van der Waals surface area (Å²) >= 11 is 0. The first-order chi connectivity index (χ1) is 10.8. The number of hydrogen-bond acceptors (Lipinski definition) is 7. The quantitative estimate of drug-likeness (QED) is 0.267. The van der Waals surface area contributed by atoms with E-state index in [1.54, 1.807) is 12.1 Å². The van der Waals surface area contributed by atoms with Crippen molar-refractivity contribution in [3.05, 3.63) is 47.5 Å². The molecular formula is C16H18O7. The van der Waals surface area contributed by atoms with Gasteiger partial charge < -0.3 is 19.3 Å². The molecule has 0 aliphatic rings. The van der Waals surface area contributed by atoms with E-state index >= 15 is 0 Å². The van der Waals surface area contributed by atoms with Gasteiger partial charge in [0.05, 0.1) is 11.1 Å². The molecule has 1 N–H and O–H groups in total. The first-order valence-corrected chi connectivity index (χ1v) is 6.80. The van der Waals surface area contributed by atoms with Gasteiger partial charge in [-0.3, -0.25) is 0 Å². The van der Waals surface area contributed by atoms with Crippen molar-refractivity contribution >= 4 is 17.9 Å². The zero-order chi connectivity index (χ0) is 17.4. The monoisotopic (exact) mass is 322 g/mol. The maximum Gasteiger partial charge on any atom is 0.341 e. The number of hydrogen-bond donors (Lipinski definition) is 1. The third-order valence-corrected chi connectivity index (χ3v) is 2.54. The van der Waals surface area contributed by atoms with E-state index in [1.807, 2.05) is 0 Å². The molecule has 0 spiro atoms. The van der Waals surface area contributed by atoms with Gasteiger partial charge in [0.2, 0.25) is 0 Å². The zero-order valence-electron chi connectivity index (χ0n) is 12.9. The minimum Gasteiger partial charge on any atom is -0.459 e. The minimum absolute atomic E-state index is 0.00984. The van der Waals surface area contributed by atoms with Crippen molar-refractivity contribution in [2.45, 2.75) is 20.1 Å². The SMILES string of the molecule is C=C(C)C(=O)OCCOC(=O)c1ccccc1C(=O)OC(C)O. The largest absolute Gasteiger partial charge is 0.459 e. The predicted octanol–water partition coefficient (Wildman–Crippen LogP) is 1.46. The Morgan fingerprint density at radius 3 is 2.13 bits per heavy atom. The maximum absolute atomic E-state index is 12.0. The molecule has 0 saturated heterocycles. The highest BCUT2D eigenvalue weighted by Gasteiger charge is 2.20. The number of carbonyl (C=O) groups excluding carboxylic acids is 3. The summed E-state index contributed by atoms with van der Waals surface area (Å²) in [4.78, 5) is 34.9. The standard InChI is InChI=1S/C16H18O7/c1-10(2)14(18)21-8-9-22-15(19)12-6-4-5-7-13(12)16(20)23-11(3)17/h4-7,11,17H,1,8-9H2,2-3H3. The second-order valence-corrected chi connectivity index (χ2v) is 4.60. The molecule has 7 heteroatoms. The Labute approximate surface area is 133 Å². The third-order valence-electron chi connectivity index (χ3n) is 2.54. The summed E-state index contributed by atoms with van der Waals surface area (Å²) in [5.74, 6) is -2.20. The van der Waals surface area contributed by atoms with Crippen molar-refractivity contribution in [1.82, 2.24) is 0 Å². The highest BCUT2D eigenvalue weighted by Crippen LogP contribution is 2.12. The van der Waals surface area contributed by atoms with Gasteiger partial charge >= 0.3 is 17.9 Å². The van der Waals surface area contributed by atoms with Gasteiger partial charge in [0, 0.05) is 5.57 Å². The van der Waals surface area contributed by atoms with Crippen LogP contribution in [0.2, 0.25) is 0 Å². The van der Waals surface area contributed by atoms with Crippen LogP contribution in [0.5, 0.6) is 0 Å². The van der Waals surface area contributed by atoms with Gasteiger partial charge in [-0.1, -0.05) is 18.7 Å². The molecule has 1 rings (SSSR count). The van der Waals surface area contributed by atoms with Crippen LogP contribution in [0.15, 0.2) is 36.4 Å². The van der Waals surface area contributed by atoms with Crippen LogP contribution >= 0.6 is 0 Å². The van der Waals surface area contributed by atoms with Crippen LogP contribution in [-0.4, -0.2) is 42.5 Å². The second-order valence-electron chi connectivity index (χ2n) is 4.60. The highest BCUT2D eigenvalue weighted by atomic mass is 16.6. The van der Waals surface area contributed by atoms with E-state index in [-0.39, 0.29) is 29.9 Å². The Bertz CT molecular complexity index is 604. The third kappa shape index (κ3) is 5.91. The van der Waals surface area contributed by atoms with Crippen LogP contribution in [0, 0.1) is 0 Å². The average Bonchev–Trinajstić information content (AvgIpc) is 2.50. The summed E-state index contributed by atoms with van der Waals surface area (Å²) in [6, 6.07) is 5.87. The predicted molar refractivity (Wildman–Crippen MR) is 79.6 cm³/mol. The molecule has 0 radical (unpaired) electrons. The number of rotatable bonds is 7. The Kier molecular flexibility index (Phi) is 6.95. The van der Waals surface area contributed by atoms with Crippen LogP contribution in [0.4, 0.5) is 0 Å². The van der Waals surface area contributed by atoms with Crippen LogP contribution < -0.4 is 0 Å². The molecule has 0 fully saturated rings. The summed E-state index contributed by atoms with van der Waals surface area (Å²) in [7, 11) is 0. The smallest absolute Gasteiger partial charge is 0.341 e. The fourth-order valence-electron chi connectivity index (χ4n) is 1.53. The molecule has 1 atom stereocenters. The molecular weight excluding hydrogens is 304 g/mol. The lowest BCUT2D eigenvalue weighted by atomic mass is 10.1. The molecule has 0 heterocycles. The number of esters is 3. The molecule has 7 nitrogen and oxygen atoms in total. The Balaban J connectivity index is 2.64. The molecule has 0 aromatic heterocycles. The highest BCUT2D eigenvalue weighted by molar-refractivity contribution is 6.03.